The van der Waals surface area contributed by atoms with Gasteiger partial charge in [0, 0.05) is 12.8 Å². The minimum absolute atomic E-state index is 0.00624. The summed E-state index contributed by atoms with van der Waals surface area (Å²) in [6.45, 7) is 4.95. The Kier molecular flexibility index (Phi) is 54.0. The Morgan fingerprint density at radius 2 is 0.723 bits per heavy atom. The Labute approximate surface area is 406 Å². The molecule has 0 aromatic carbocycles. The number of carbonyl (C=O) groups is 2. The van der Waals surface area contributed by atoms with Crippen LogP contribution in [0, 0.1) is 0 Å². The maximum atomic E-state index is 12.4. The van der Waals surface area contributed by atoms with Crippen LogP contribution in [0.2, 0.25) is 0 Å². The number of allylic oxidation sites excluding steroid dienone is 2. The lowest BCUT2D eigenvalue weighted by Gasteiger charge is -2.22. The number of esters is 1. The molecule has 0 bridgehead atoms. The molecule has 65 heavy (non-hydrogen) atoms. The zero-order valence-electron chi connectivity index (χ0n) is 44.0. The van der Waals surface area contributed by atoms with Gasteiger partial charge >= 0.3 is 5.97 Å². The summed E-state index contributed by atoms with van der Waals surface area (Å²) in [5.41, 5.74) is 0. The van der Waals surface area contributed by atoms with E-state index in [4.69, 9.17) is 4.74 Å². The maximum Gasteiger partial charge on any atom is 0.305 e. The Bertz CT molecular complexity index is 970. The van der Waals surface area contributed by atoms with Crippen molar-refractivity contribution in [1.82, 2.24) is 5.32 Å². The maximum absolute atomic E-state index is 12.4. The van der Waals surface area contributed by atoms with Crippen LogP contribution in [0.3, 0.4) is 0 Å². The molecule has 0 radical (unpaired) electrons. The summed E-state index contributed by atoms with van der Waals surface area (Å²) in [7, 11) is 0. The molecule has 0 saturated carbocycles. The van der Waals surface area contributed by atoms with Crippen LogP contribution < -0.4 is 5.32 Å². The molecule has 0 heterocycles. The van der Waals surface area contributed by atoms with Gasteiger partial charge in [0.15, 0.2) is 0 Å². The second kappa shape index (κ2) is 55.2. The first-order valence-electron chi connectivity index (χ1n) is 29.4. The van der Waals surface area contributed by atoms with Crippen molar-refractivity contribution in [1.29, 1.82) is 0 Å². The third-order valence-corrected chi connectivity index (χ3v) is 13.8. The summed E-state index contributed by atoms with van der Waals surface area (Å²) >= 11 is 0. The topological polar surface area (TPSA) is 95.9 Å². The smallest absolute Gasteiger partial charge is 0.305 e. The summed E-state index contributed by atoms with van der Waals surface area (Å²) in [5, 5.41) is 23.2. The first-order valence-corrected chi connectivity index (χ1v) is 29.4. The van der Waals surface area contributed by atoms with Crippen LogP contribution in [-0.4, -0.2) is 47.4 Å². The molecule has 3 N–H and O–H groups in total. The van der Waals surface area contributed by atoms with Crippen molar-refractivity contribution in [2.45, 2.75) is 341 Å². The van der Waals surface area contributed by atoms with Gasteiger partial charge in [-0.3, -0.25) is 9.59 Å². The summed E-state index contributed by atoms with van der Waals surface area (Å²) in [5.74, 6) is -0.0309. The van der Waals surface area contributed by atoms with Crippen molar-refractivity contribution in [2.24, 2.45) is 0 Å². The summed E-state index contributed by atoms with van der Waals surface area (Å²) < 4.78 is 5.49. The predicted molar refractivity (Wildman–Crippen MR) is 283 cm³/mol. The van der Waals surface area contributed by atoms with E-state index in [-0.39, 0.29) is 18.5 Å². The fourth-order valence-electron chi connectivity index (χ4n) is 9.28. The molecule has 0 aromatic rings. The highest BCUT2D eigenvalue weighted by Crippen LogP contribution is 2.17. The minimum atomic E-state index is -0.664. The monoisotopic (exact) mass is 918 g/mol. The normalized spacial score (nSPS) is 12.6. The molecule has 2 atom stereocenters. The molecular formula is C59H115NO5. The minimum Gasteiger partial charge on any atom is -0.466 e. The zero-order valence-corrected chi connectivity index (χ0v) is 44.0. The number of hydrogen-bond donors (Lipinski definition) is 3. The second-order valence-corrected chi connectivity index (χ2v) is 20.3. The molecule has 0 aliphatic rings. The average molecular weight is 919 g/mol. The molecule has 0 spiro atoms. The van der Waals surface area contributed by atoms with Gasteiger partial charge in [0.1, 0.15) is 0 Å². The zero-order chi connectivity index (χ0) is 47.2. The standard InChI is InChI=1S/C59H115NO5/c1-3-5-7-9-11-13-15-17-18-22-26-29-33-37-41-45-49-53-59(64)65-54-50-46-42-38-34-30-27-24-21-19-20-23-25-28-32-36-40-44-48-52-58(63)60-56(55-61)57(62)51-47-43-39-35-31-16-14-12-10-8-6-4-2/h17-18,56-57,61-62H,3-16,19-55H2,1-2H3,(H,60,63)/b18-17-. The molecule has 1 amide bonds. The SMILES string of the molecule is CCCCCCCC/C=C\CCCCCCCCCC(=O)OCCCCCCCCCCCCCCCCCCCCCC(=O)NC(CO)C(O)CCCCCCCCCCCCCC. The van der Waals surface area contributed by atoms with Crippen molar-refractivity contribution in [2.75, 3.05) is 13.2 Å². The van der Waals surface area contributed by atoms with Crippen LogP contribution >= 0.6 is 0 Å². The molecule has 0 aliphatic heterocycles. The molecular weight excluding hydrogens is 803 g/mol. The van der Waals surface area contributed by atoms with E-state index in [9.17, 15) is 19.8 Å². The number of hydrogen-bond acceptors (Lipinski definition) is 5. The van der Waals surface area contributed by atoms with Gasteiger partial charge in [-0.25, -0.2) is 0 Å². The molecule has 0 aromatic heterocycles. The van der Waals surface area contributed by atoms with Crippen LogP contribution in [-0.2, 0) is 14.3 Å². The van der Waals surface area contributed by atoms with E-state index in [1.54, 1.807) is 0 Å². The third-order valence-electron chi connectivity index (χ3n) is 13.8. The Morgan fingerprint density at radius 1 is 0.415 bits per heavy atom. The highest BCUT2D eigenvalue weighted by Gasteiger charge is 2.20. The van der Waals surface area contributed by atoms with Crippen LogP contribution in [0.15, 0.2) is 12.2 Å². The summed E-state index contributed by atoms with van der Waals surface area (Å²) in [6, 6.07) is -0.542. The molecule has 0 saturated heterocycles. The highest BCUT2D eigenvalue weighted by atomic mass is 16.5. The predicted octanol–water partition coefficient (Wildman–Crippen LogP) is 18.1. The molecule has 0 aliphatic carbocycles. The Morgan fingerprint density at radius 3 is 1.09 bits per heavy atom. The first kappa shape index (κ1) is 63.6. The van der Waals surface area contributed by atoms with Crippen LogP contribution in [0.1, 0.15) is 328 Å². The lowest BCUT2D eigenvalue weighted by molar-refractivity contribution is -0.143. The van der Waals surface area contributed by atoms with Crippen molar-refractivity contribution < 1.29 is 24.5 Å². The summed E-state index contributed by atoms with van der Waals surface area (Å²) in [4.78, 5) is 24.5. The van der Waals surface area contributed by atoms with Gasteiger partial charge in [-0.15, -0.1) is 0 Å². The second-order valence-electron chi connectivity index (χ2n) is 20.3. The van der Waals surface area contributed by atoms with E-state index in [2.05, 4.69) is 31.3 Å². The number of rotatable bonds is 55. The average Bonchev–Trinajstić information content (AvgIpc) is 3.31. The Balaban J connectivity index is 3.37. The number of unbranched alkanes of at least 4 members (excludes halogenated alkanes) is 42. The Hall–Kier alpha value is -1.40. The lowest BCUT2D eigenvalue weighted by Crippen LogP contribution is -2.45. The lowest BCUT2D eigenvalue weighted by atomic mass is 10.0. The quantitative estimate of drug-likeness (QED) is 0.0321. The largest absolute Gasteiger partial charge is 0.466 e. The summed E-state index contributed by atoms with van der Waals surface area (Å²) in [6.07, 6.45) is 64.9. The number of nitrogens with one attached hydrogen (secondary N) is 1. The fraction of sp³-hybridized carbons (Fsp3) is 0.932. The van der Waals surface area contributed by atoms with Gasteiger partial charge in [0.05, 0.1) is 25.4 Å². The number of ether oxygens (including phenoxy) is 1. The van der Waals surface area contributed by atoms with E-state index in [0.29, 0.717) is 25.9 Å². The molecule has 6 nitrogen and oxygen atoms in total. The van der Waals surface area contributed by atoms with E-state index in [1.165, 1.54) is 250 Å². The number of amides is 1. The van der Waals surface area contributed by atoms with Crippen LogP contribution in [0.4, 0.5) is 0 Å². The molecule has 386 valence electrons. The number of aliphatic hydroxyl groups is 2. The molecule has 6 heteroatoms. The van der Waals surface area contributed by atoms with Gasteiger partial charge < -0.3 is 20.3 Å². The van der Waals surface area contributed by atoms with Crippen LogP contribution in [0.5, 0.6) is 0 Å². The van der Waals surface area contributed by atoms with Crippen molar-refractivity contribution in [3.05, 3.63) is 12.2 Å². The van der Waals surface area contributed by atoms with E-state index < -0.39 is 12.1 Å². The highest BCUT2D eigenvalue weighted by molar-refractivity contribution is 5.76. The van der Waals surface area contributed by atoms with Crippen molar-refractivity contribution in [3.8, 4) is 0 Å². The van der Waals surface area contributed by atoms with Gasteiger partial charge in [0.25, 0.3) is 0 Å². The van der Waals surface area contributed by atoms with Crippen molar-refractivity contribution in [3.63, 3.8) is 0 Å². The van der Waals surface area contributed by atoms with E-state index >= 15 is 0 Å². The van der Waals surface area contributed by atoms with Gasteiger partial charge in [-0.05, 0) is 51.4 Å². The van der Waals surface area contributed by atoms with E-state index in [1.807, 2.05) is 0 Å². The molecule has 0 fully saturated rings. The number of carbonyl (C=O) groups excluding carboxylic acids is 2. The van der Waals surface area contributed by atoms with Gasteiger partial charge in [0.2, 0.25) is 5.91 Å². The van der Waals surface area contributed by atoms with Gasteiger partial charge in [-0.2, -0.15) is 0 Å². The molecule has 2 unspecified atom stereocenters. The number of aliphatic hydroxyl groups excluding tert-OH is 2. The third kappa shape index (κ3) is 51.8. The van der Waals surface area contributed by atoms with Crippen LogP contribution in [0.25, 0.3) is 0 Å². The molecule has 0 rings (SSSR count). The van der Waals surface area contributed by atoms with Crippen molar-refractivity contribution >= 4 is 11.9 Å². The van der Waals surface area contributed by atoms with E-state index in [0.717, 1.165) is 44.9 Å². The fourth-order valence-corrected chi connectivity index (χ4v) is 9.28. The first-order chi connectivity index (χ1) is 32.0. The van der Waals surface area contributed by atoms with Gasteiger partial charge in [-0.1, -0.05) is 276 Å².